The minimum Gasteiger partial charge on any atom is -0.233 e. The van der Waals surface area contributed by atoms with Gasteiger partial charge in [-0.2, -0.15) is 0 Å². The van der Waals surface area contributed by atoms with Crippen molar-refractivity contribution >= 4 is 11.2 Å². The molecule has 0 bridgehead atoms. The maximum Gasteiger partial charge on any atom is 0.200 e. The molecule has 4 heteroatoms. The molecule has 0 spiro atoms. The predicted molar refractivity (Wildman–Crippen MR) is 34.0 cm³/mol. The van der Waals surface area contributed by atoms with Gasteiger partial charge in [0.2, 0.25) is 0 Å². The highest BCUT2D eigenvalue weighted by Gasteiger charge is 1.91. The number of hydrogen-bond donors (Lipinski definition) is 0. The molecular formula is C6H3N4. The Morgan fingerprint density at radius 1 is 1.30 bits per heavy atom. The van der Waals surface area contributed by atoms with Crippen LogP contribution in [0.5, 0.6) is 0 Å². The van der Waals surface area contributed by atoms with E-state index in [0.717, 1.165) is 5.52 Å². The molecule has 10 heavy (non-hydrogen) atoms. The first kappa shape index (κ1) is 5.22. The summed E-state index contributed by atoms with van der Waals surface area (Å²) >= 11 is 0. The number of hydrogen-bond acceptors (Lipinski definition) is 4. The molecule has 47 valence electrons. The molecule has 2 heterocycles. The van der Waals surface area contributed by atoms with Crippen molar-refractivity contribution in [3.63, 3.8) is 0 Å². The van der Waals surface area contributed by atoms with E-state index < -0.39 is 0 Å². The number of pyridine rings is 1. The minimum atomic E-state index is 0.557. The Labute approximate surface area is 57.0 Å². The summed E-state index contributed by atoms with van der Waals surface area (Å²) in [6.07, 6.45) is 2.93. The van der Waals surface area contributed by atoms with Gasteiger partial charge in [0.1, 0.15) is 11.8 Å². The lowest BCUT2D eigenvalue weighted by molar-refractivity contribution is 1.00. The van der Waals surface area contributed by atoms with E-state index in [1.807, 2.05) is 0 Å². The summed E-state index contributed by atoms with van der Waals surface area (Å²) in [6.45, 7) is 0. The van der Waals surface area contributed by atoms with Gasteiger partial charge < -0.3 is 0 Å². The molecule has 0 saturated heterocycles. The van der Waals surface area contributed by atoms with Gasteiger partial charge in [0, 0.05) is 12.3 Å². The van der Waals surface area contributed by atoms with Crippen LogP contribution in [-0.4, -0.2) is 20.2 Å². The van der Waals surface area contributed by atoms with Crippen molar-refractivity contribution in [3.8, 4) is 0 Å². The third-order valence-electron chi connectivity index (χ3n) is 1.11. The van der Waals surface area contributed by atoms with Crippen LogP contribution in [0.2, 0.25) is 0 Å². The lowest BCUT2D eigenvalue weighted by Gasteiger charge is -1.88. The zero-order valence-corrected chi connectivity index (χ0v) is 5.02. The van der Waals surface area contributed by atoms with Crippen LogP contribution in [0.25, 0.3) is 11.2 Å². The largest absolute Gasteiger partial charge is 0.233 e. The van der Waals surface area contributed by atoms with Gasteiger partial charge in [-0.3, -0.25) is 0 Å². The Kier molecular flexibility index (Phi) is 1.04. The molecule has 1 radical (unpaired) electrons. The maximum absolute atomic E-state index is 3.91. The van der Waals surface area contributed by atoms with Gasteiger partial charge >= 0.3 is 0 Å². The Balaban J connectivity index is 2.89. The highest BCUT2D eigenvalue weighted by atomic mass is 15.2. The second kappa shape index (κ2) is 1.98. The first-order valence-electron chi connectivity index (χ1n) is 2.76. The van der Waals surface area contributed by atoms with Crippen LogP contribution < -0.4 is 0 Å². The van der Waals surface area contributed by atoms with Gasteiger partial charge in [0.25, 0.3) is 0 Å². The summed E-state index contributed by atoms with van der Waals surface area (Å²) in [4.78, 5) is 7.80. The first-order valence-corrected chi connectivity index (χ1v) is 2.76. The molecule has 0 fully saturated rings. The molecule has 2 aromatic heterocycles. The van der Waals surface area contributed by atoms with Gasteiger partial charge in [-0.1, -0.05) is 0 Å². The van der Waals surface area contributed by atoms with Crippen LogP contribution in [-0.2, 0) is 0 Å². The van der Waals surface area contributed by atoms with E-state index in [2.05, 4.69) is 26.2 Å². The van der Waals surface area contributed by atoms with Crippen molar-refractivity contribution in [2.45, 2.75) is 0 Å². The molecule has 0 amide bonds. The zero-order chi connectivity index (χ0) is 6.81. The normalized spacial score (nSPS) is 10.0. The van der Waals surface area contributed by atoms with E-state index in [4.69, 9.17) is 0 Å². The lowest BCUT2D eigenvalue weighted by Crippen LogP contribution is -1.87. The van der Waals surface area contributed by atoms with Gasteiger partial charge in [-0.05, 0) is 6.07 Å². The van der Waals surface area contributed by atoms with Gasteiger partial charge in [-0.15, -0.1) is 10.2 Å². The average molecular weight is 131 g/mol. The number of nitrogens with zero attached hydrogens (tertiary/aromatic N) is 4. The van der Waals surface area contributed by atoms with Crippen molar-refractivity contribution in [1.82, 2.24) is 20.2 Å². The standard InChI is InChI=1S/C6H3N4/c1-2-5-6(7-3-1)10-9-4-8-5/h2-4H. The fourth-order valence-corrected chi connectivity index (χ4v) is 0.686. The summed E-state index contributed by atoms with van der Waals surface area (Å²) in [5, 5.41) is 7.31. The topological polar surface area (TPSA) is 51.6 Å². The van der Waals surface area contributed by atoms with Gasteiger partial charge in [0.05, 0.1) is 0 Å². The second-order valence-corrected chi connectivity index (χ2v) is 1.74. The Morgan fingerprint density at radius 2 is 2.30 bits per heavy atom. The molecule has 0 aliphatic carbocycles. The highest BCUT2D eigenvalue weighted by Crippen LogP contribution is 1.98. The van der Waals surface area contributed by atoms with E-state index >= 15 is 0 Å². The quantitative estimate of drug-likeness (QED) is 0.513. The van der Waals surface area contributed by atoms with E-state index in [9.17, 15) is 0 Å². The fraction of sp³-hybridized carbons (Fsp3) is 0. The predicted octanol–water partition coefficient (Wildman–Crippen LogP) is 0.220. The maximum atomic E-state index is 3.91. The first-order chi connectivity index (χ1) is 4.97. The number of rotatable bonds is 0. The Bertz CT molecular complexity index is 281. The summed E-state index contributed by atoms with van der Waals surface area (Å²) < 4.78 is 0. The van der Waals surface area contributed by atoms with E-state index in [0.29, 0.717) is 5.65 Å². The molecule has 2 rings (SSSR count). The molecule has 0 saturated carbocycles. The highest BCUT2D eigenvalue weighted by molar-refractivity contribution is 5.67. The van der Waals surface area contributed by atoms with Crippen LogP contribution in [0.3, 0.4) is 0 Å². The average Bonchev–Trinajstić information content (AvgIpc) is 2.05. The van der Waals surface area contributed by atoms with Crippen LogP contribution in [0.4, 0.5) is 0 Å². The van der Waals surface area contributed by atoms with Crippen LogP contribution in [0, 0.1) is 6.07 Å². The van der Waals surface area contributed by atoms with Crippen LogP contribution in [0.15, 0.2) is 18.6 Å². The van der Waals surface area contributed by atoms with Crippen LogP contribution >= 0.6 is 0 Å². The third-order valence-corrected chi connectivity index (χ3v) is 1.11. The molecule has 0 aromatic carbocycles. The lowest BCUT2D eigenvalue weighted by atomic mass is 10.4. The third kappa shape index (κ3) is 0.699. The second-order valence-electron chi connectivity index (χ2n) is 1.74. The Hall–Kier alpha value is -1.58. The van der Waals surface area contributed by atoms with Crippen molar-refractivity contribution in [2.24, 2.45) is 0 Å². The summed E-state index contributed by atoms with van der Waals surface area (Å²) in [7, 11) is 0. The Morgan fingerprint density at radius 3 is 3.20 bits per heavy atom. The molecular weight excluding hydrogens is 128 g/mol. The minimum absolute atomic E-state index is 0.557. The van der Waals surface area contributed by atoms with Crippen molar-refractivity contribution in [1.29, 1.82) is 0 Å². The van der Waals surface area contributed by atoms with Crippen molar-refractivity contribution < 1.29 is 0 Å². The van der Waals surface area contributed by atoms with Crippen molar-refractivity contribution in [2.75, 3.05) is 0 Å². The number of fused-ring (bicyclic) bond motifs is 1. The SMILES string of the molecule is [c]1cnc2nncnc2c1. The van der Waals surface area contributed by atoms with E-state index in [1.165, 1.54) is 6.33 Å². The molecule has 0 aliphatic rings. The molecule has 0 unspecified atom stereocenters. The summed E-state index contributed by atoms with van der Waals surface area (Å²) in [6, 6.07) is 4.51. The summed E-state index contributed by atoms with van der Waals surface area (Å²) in [5.41, 5.74) is 1.28. The molecule has 0 aliphatic heterocycles. The zero-order valence-electron chi connectivity index (χ0n) is 5.02. The van der Waals surface area contributed by atoms with Gasteiger partial charge in [0.15, 0.2) is 5.65 Å². The molecule has 4 nitrogen and oxygen atoms in total. The smallest absolute Gasteiger partial charge is 0.200 e. The molecule has 2 aromatic rings. The van der Waals surface area contributed by atoms with Gasteiger partial charge in [-0.25, -0.2) is 9.97 Å². The monoisotopic (exact) mass is 131 g/mol. The molecule has 0 N–H and O–H groups in total. The van der Waals surface area contributed by atoms with Crippen LogP contribution in [0.1, 0.15) is 0 Å². The van der Waals surface area contributed by atoms with E-state index in [-0.39, 0.29) is 0 Å². The molecule has 0 atom stereocenters. The van der Waals surface area contributed by atoms with Crippen molar-refractivity contribution in [3.05, 3.63) is 24.7 Å². The number of aromatic nitrogens is 4. The van der Waals surface area contributed by atoms with E-state index in [1.54, 1.807) is 12.3 Å². The summed E-state index contributed by atoms with van der Waals surface area (Å²) in [5.74, 6) is 0. The fourth-order valence-electron chi connectivity index (χ4n) is 0.686.